The number of nitrogens with one attached hydrogen (secondary N) is 7. The van der Waals surface area contributed by atoms with Crippen molar-refractivity contribution in [1.29, 1.82) is 0 Å². The van der Waals surface area contributed by atoms with E-state index in [0.29, 0.717) is 52.5 Å². The summed E-state index contributed by atoms with van der Waals surface area (Å²) in [7, 11) is 1.32. The van der Waals surface area contributed by atoms with Crippen LogP contribution in [0.3, 0.4) is 0 Å². The van der Waals surface area contributed by atoms with Gasteiger partial charge in [-0.2, -0.15) is 0 Å². The molecular formula is C51H95N7O20. The normalized spacial score (nSPS) is 11.7. The van der Waals surface area contributed by atoms with E-state index in [1.54, 1.807) is 62.3 Å². The highest BCUT2D eigenvalue weighted by molar-refractivity contribution is 5.78. The van der Waals surface area contributed by atoms with Gasteiger partial charge in [-0.05, 0) is 75.2 Å². The Kier molecular flexibility index (Phi) is 40.8. The zero-order valence-electron chi connectivity index (χ0n) is 48.2. The number of ether oxygens (including phenoxy) is 12. The Hall–Kier alpha value is -5.16. The van der Waals surface area contributed by atoms with Crippen LogP contribution in [0, 0.1) is 0 Å². The molecule has 0 radical (unpaired) electrons. The summed E-state index contributed by atoms with van der Waals surface area (Å²) in [6, 6.07) is 0. The lowest BCUT2D eigenvalue weighted by atomic mass is 10.0. The van der Waals surface area contributed by atoms with E-state index in [0.717, 1.165) is 0 Å². The highest BCUT2D eigenvalue weighted by Crippen LogP contribution is 2.12. The number of carbonyl (C=O) groups excluding carboxylic acids is 8. The number of carbonyl (C=O) groups is 8. The molecule has 7 N–H and O–H groups in total. The summed E-state index contributed by atoms with van der Waals surface area (Å²) >= 11 is 0. The molecule has 0 aromatic rings. The van der Waals surface area contributed by atoms with Crippen molar-refractivity contribution in [3.05, 3.63) is 0 Å². The van der Waals surface area contributed by atoms with Crippen molar-refractivity contribution in [1.82, 2.24) is 37.2 Å². The molecule has 0 aromatic heterocycles. The number of rotatable bonds is 45. The van der Waals surface area contributed by atoms with E-state index in [1.165, 1.54) is 7.11 Å². The van der Waals surface area contributed by atoms with Gasteiger partial charge in [-0.1, -0.05) is 0 Å². The number of amides is 7. The Morgan fingerprint density at radius 1 is 0.321 bits per heavy atom. The van der Waals surface area contributed by atoms with E-state index in [4.69, 9.17) is 52.1 Å². The van der Waals surface area contributed by atoms with Gasteiger partial charge in [0.15, 0.2) is 0 Å². The molecule has 0 saturated carbocycles. The topological polar surface area (TPSA) is 332 Å². The number of hydrogen-bond acceptors (Lipinski definition) is 20. The minimum atomic E-state index is -1.38. The molecule has 0 aliphatic carbocycles. The maximum atomic E-state index is 13.6. The van der Waals surface area contributed by atoms with Gasteiger partial charge in [0.1, 0.15) is 22.3 Å². The largest absolute Gasteiger partial charge is 0.469 e. The van der Waals surface area contributed by atoms with Crippen molar-refractivity contribution in [2.75, 3.05) is 152 Å². The van der Waals surface area contributed by atoms with Gasteiger partial charge in [-0.3, -0.25) is 24.0 Å². The SMILES string of the molecule is COC(=O)CCOCCOCCOCCOCCOCCC(=O)NC(COCCC(=O)NCCCNC(=O)OC(C)(C)C)(COCCC(=O)NCCCNC(=O)OC(C)(C)C)COCCC(=O)NCCNC(=O)OC(C)(C)C. The van der Waals surface area contributed by atoms with Gasteiger partial charge < -0.3 is 94.1 Å². The average Bonchev–Trinajstić information content (AvgIpc) is 3.33. The molecule has 0 saturated heterocycles. The van der Waals surface area contributed by atoms with Gasteiger partial charge in [0, 0.05) is 65.0 Å². The molecule has 7 amide bonds. The first-order valence-electron chi connectivity index (χ1n) is 26.5. The van der Waals surface area contributed by atoms with E-state index in [9.17, 15) is 38.4 Å². The summed E-state index contributed by atoms with van der Waals surface area (Å²) in [4.78, 5) is 98.5. The number of methoxy groups -OCH3 is 1. The summed E-state index contributed by atoms with van der Waals surface area (Å²) in [6.45, 7) is 19.0. The predicted octanol–water partition coefficient (Wildman–Crippen LogP) is 1.80. The van der Waals surface area contributed by atoms with Crippen molar-refractivity contribution in [3.8, 4) is 0 Å². The summed E-state index contributed by atoms with van der Waals surface area (Å²) < 4.78 is 65.5. The van der Waals surface area contributed by atoms with E-state index < -0.39 is 46.5 Å². The Labute approximate surface area is 460 Å². The first-order valence-corrected chi connectivity index (χ1v) is 26.5. The molecule has 454 valence electrons. The Bertz CT molecular complexity index is 1630. The first kappa shape index (κ1) is 72.8. The van der Waals surface area contributed by atoms with E-state index in [-0.39, 0.29) is 161 Å². The summed E-state index contributed by atoms with van der Waals surface area (Å²) in [5, 5.41) is 19.0. The molecule has 0 aromatic carbocycles. The molecular weight excluding hydrogens is 1030 g/mol. The van der Waals surface area contributed by atoms with Gasteiger partial charge in [0.05, 0.1) is 119 Å². The van der Waals surface area contributed by atoms with Crippen LogP contribution in [0.4, 0.5) is 14.4 Å². The molecule has 0 bridgehead atoms. The molecule has 27 heteroatoms. The molecule has 27 nitrogen and oxygen atoms in total. The molecule has 0 atom stereocenters. The van der Waals surface area contributed by atoms with Crippen LogP contribution in [0.15, 0.2) is 0 Å². The van der Waals surface area contributed by atoms with Crippen molar-refractivity contribution in [3.63, 3.8) is 0 Å². The van der Waals surface area contributed by atoms with E-state index >= 15 is 0 Å². The fourth-order valence-corrected chi connectivity index (χ4v) is 5.88. The van der Waals surface area contributed by atoms with Crippen LogP contribution in [-0.4, -0.2) is 222 Å². The minimum absolute atomic E-state index is 0.0258. The molecule has 78 heavy (non-hydrogen) atoms. The van der Waals surface area contributed by atoms with Gasteiger partial charge in [-0.15, -0.1) is 0 Å². The van der Waals surface area contributed by atoms with Gasteiger partial charge in [0.2, 0.25) is 23.6 Å². The molecule has 0 spiro atoms. The highest BCUT2D eigenvalue weighted by Gasteiger charge is 2.34. The lowest BCUT2D eigenvalue weighted by Crippen LogP contribution is -2.59. The molecule has 0 aliphatic rings. The molecule has 0 rings (SSSR count). The van der Waals surface area contributed by atoms with Crippen molar-refractivity contribution in [2.24, 2.45) is 0 Å². The van der Waals surface area contributed by atoms with Crippen LogP contribution in [0.1, 0.15) is 107 Å². The standard InChI is InChI=1S/C51H95N7O20/c1-48(2,3)76-45(64)55-20-11-18-52-40(59)13-25-73-37-51(39-75-27-15-42(61)54-22-23-57-47(66)78-50(7,8)9,38-74-26-14-41(60)53-19-12-21-56-46(65)77-49(4,5)6)58-43(62)16-24-68-29-31-70-33-35-72-36-34-71-32-30-69-28-17-44(63)67-10/h11-39H2,1-10H3,(H,52,59)(H,53,60)(H,54,61)(H,55,64)(H,56,65)(H,57,66)(H,58,62). The van der Waals surface area contributed by atoms with Crippen LogP contribution in [0.5, 0.6) is 0 Å². The maximum Gasteiger partial charge on any atom is 0.407 e. The Balaban J connectivity index is 5.51. The smallest absolute Gasteiger partial charge is 0.407 e. The zero-order chi connectivity index (χ0) is 58.6. The summed E-state index contributed by atoms with van der Waals surface area (Å²) in [5.41, 5.74) is -3.35. The zero-order valence-corrected chi connectivity index (χ0v) is 48.2. The maximum absolute atomic E-state index is 13.6. The first-order chi connectivity index (χ1) is 36.8. The summed E-state index contributed by atoms with van der Waals surface area (Å²) in [5.74, 6) is -1.80. The highest BCUT2D eigenvalue weighted by atomic mass is 16.6. The van der Waals surface area contributed by atoms with Crippen LogP contribution in [0.2, 0.25) is 0 Å². The fourth-order valence-electron chi connectivity index (χ4n) is 5.88. The molecule has 0 unspecified atom stereocenters. The second-order valence-corrected chi connectivity index (χ2v) is 20.4. The lowest BCUT2D eigenvalue weighted by Gasteiger charge is -2.34. The van der Waals surface area contributed by atoms with E-state index in [2.05, 4.69) is 42.0 Å². The third-order valence-electron chi connectivity index (χ3n) is 9.40. The van der Waals surface area contributed by atoms with Crippen molar-refractivity contribution < 1.29 is 95.2 Å². The Morgan fingerprint density at radius 2 is 0.590 bits per heavy atom. The monoisotopic (exact) mass is 1130 g/mol. The second kappa shape index (κ2) is 43.7. The van der Waals surface area contributed by atoms with E-state index in [1.807, 2.05) is 0 Å². The van der Waals surface area contributed by atoms with Crippen LogP contribution >= 0.6 is 0 Å². The number of hydrogen-bond donors (Lipinski definition) is 7. The predicted molar refractivity (Wildman–Crippen MR) is 283 cm³/mol. The molecule has 0 fully saturated rings. The van der Waals surface area contributed by atoms with Gasteiger partial charge in [-0.25, -0.2) is 14.4 Å². The van der Waals surface area contributed by atoms with Gasteiger partial charge >= 0.3 is 24.2 Å². The lowest BCUT2D eigenvalue weighted by molar-refractivity contribution is -0.142. The third-order valence-corrected chi connectivity index (χ3v) is 9.40. The number of alkyl carbamates (subject to hydrolysis) is 3. The second-order valence-electron chi connectivity index (χ2n) is 20.4. The third kappa shape index (κ3) is 49.2. The number of esters is 1. The fraction of sp³-hybridized carbons (Fsp3) is 0.843. The quantitative estimate of drug-likeness (QED) is 0.0260. The van der Waals surface area contributed by atoms with Crippen LogP contribution < -0.4 is 37.2 Å². The minimum Gasteiger partial charge on any atom is -0.469 e. The summed E-state index contributed by atoms with van der Waals surface area (Å²) in [6.07, 6.45) is -0.921. The van der Waals surface area contributed by atoms with Gasteiger partial charge in [0.25, 0.3) is 0 Å². The van der Waals surface area contributed by atoms with Crippen molar-refractivity contribution >= 4 is 47.9 Å². The van der Waals surface area contributed by atoms with Crippen LogP contribution in [-0.2, 0) is 80.8 Å². The van der Waals surface area contributed by atoms with Crippen LogP contribution in [0.25, 0.3) is 0 Å². The average molecular weight is 1130 g/mol. The van der Waals surface area contributed by atoms with Crippen molar-refractivity contribution in [2.45, 2.75) is 130 Å². The molecule has 0 heterocycles. The molecule has 0 aliphatic heterocycles. The Morgan fingerprint density at radius 3 is 0.936 bits per heavy atom.